The summed E-state index contributed by atoms with van der Waals surface area (Å²) in [6, 6.07) is 0. The van der Waals surface area contributed by atoms with E-state index in [9.17, 15) is 5.11 Å². The van der Waals surface area contributed by atoms with Crippen molar-refractivity contribution in [3.63, 3.8) is 0 Å². The lowest BCUT2D eigenvalue weighted by Gasteiger charge is -2.39. The zero-order valence-corrected chi connectivity index (χ0v) is 9.87. The fraction of sp³-hybridized carbons (Fsp3) is 1.00. The van der Waals surface area contributed by atoms with Gasteiger partial charge >= 0.3 is 0 Å². The second-order valence-corrected chi connectivity index (χ2v) is 5.40. The molecule has 1 aliphatic heterocycles. The molecule has 0 bridgehead atoms. The van der Waals surface area contributed by atoms with E-state index >= 15 is 0 Å². The Bertz CT molecular complexity index is 189. The van der Waals surface area contributed by atoms with Gasteiger partial charge in [-0.2, -0.15) is 0 Å². The third-order valence-electron chi connectivity index (χ3n) is 4.36. The van der Waals surface area contributed by atoms with E-state index in [1.807, 2.05) is 0 Å². The summed E-state index contributed by atoms with van der Waals surface area (Å²) in [6.45, 7) is 3.89. The van der Waals surface area contributed by atoms with Crippen molar-refractivity contribution in [3.05, 3.63) is 0 Å². The molecule has 0 spiro atoms. The molecular weight excluding hydrogens is 188 g/mol. The van der Waals surface area contributed by atoms with Crippen LogP contribution in [0.1, 0.15) is 51.9 Å². The highest BCUT2D eigenvalue weighted by molar-refractivity contribution is 4.92. The molecule has 0 aromatic heterocycles. The number of hydrogen-bond donors (Lipinski definition) is 1. The Labute approximate surface area is 93.0 Å². The SMILES string of the molecule is CCCC1CCC(O)(C2CCOC2)CC1. The molecule has 2 nitrogen and oxygen atoms in total. The van der Waals surface area contributed by atoms with E-state index in [0.717, 1.165) is 38.4 Å². The smallest absolute Gasteiger partial charge is 0.0698 e. The zero-order valence-electron chi connectivity index (χ0n) is 9.87. The number of rotatable bonds is 3. The van der Waals surface area contributed by atoms with Gasteiger partial charge in [-0.1, -0.05) is 19.8 Å². The molecule has 15 heavy (non-hydrogen) atoms. The highest BCUT2D eigenvalue weighted by Crippen LogP contribution is 2.41. The molecule has 1 saturated carbocycles. The average Bonchev–Trinajstić information content (AvgIpc) is 2.76. The van der Waals surface area contributed by atoms with Crippen molar-refractivity contribution in [1.82, 2.24) is 0 Å². The third kappa shape index (κ3) is 2.54. The maximum atomic E-state index is 10.6. The predicted molar refractivity (Wildman–Crippen MR) is 60.7 cm³/mol. The van der Waals surface area contributed by atoms with Gasteiger partial charge in [0.05, 0.1) is 12.2 Å². The summed E-state index contributed by atoms with van der Waals surface area (Å²) < 4.78 is 5.39. The van der Waals surface area contributed by atoms with Crippen molar-refractivity contribution < 1.29 is 9.84 Å². The van der Waals surface area contributed by atoms with E-state index in [4.69, 9.17) is 4.74 Å². The van der Waals surface area contributed by atoms with E-state index < -0.39 is 0 Å². The predicted octanol–water partition coefficient (Wildman–Crippen LogP) is 2.74. The molecule has 88 valence electrons. The molecular formula is C13H24O2. The minimum Gasteiger partial charge on any atom is -0.390 e. The zero-order chi connectivity index (χ0) is 10.7. The van der Waals surface area contributed by atoms with Crippen LogP contribution in [0.4, 0.5) is 0 Å². The van der Waals surface area contributed by atoms with Crippen LogP contribution in [0, 0.1) is 11.8 Å². The van der Waals surface area contributed by atoms with Crippen LogP contribution in [0.25, 0.3) is 0 Å². The second-order valence-electron chi connectivity index (χ2n) is 5.40. The molecule has 1 aliphatic carbocycles. The van der Waals surface area contributed by atoms with Crippen molar-refractivity contribution in [2.24, 2.45) is 11.8 Å². The molecule has 2 rings (SSSR count). The van der Waals surface area contributed by atoms with E-state index in [2.05, 4.69) is 6.92 Å². The van der Waals surface area contributed by atoms with Crippen molar-refractivity contribution in [1.29, 1.82) is 0 Å². The first kappa shape index (κ1) is 11.4. The molecule has 2 heteroatoms. The summed E-state index contributed by atoms with van der Waals surface area (Å²) >= 11 is 0. The monoisotopic (exact) mass is 212 g/mol. The minimum absolute atomic E-state index is 0.388. The summed E-state index contributed by atoms with van der Waals surface area (Å²) in [5, 5.41) is 10.6. The molecule has 1 heterocycles. The van der Waals surface area contributed by atoms with Crippen LogP contribution >= 0.6 is 0 Å². The Balaban J connectivity index is 1.84. The first-order valence-electron chi connectivity index (χ1n) is 6.55. The highest BCUT2D eigenvalue weighted by Gasteiger charge is 2.41. The van der Waals surface area contributed by atoms with Crippen molar-refractivity contribution in [3.8, 4) is 0 Å². The van der Waals surface area contributed by atoms with Gasteiger partial charge in [-0.05, 0) is 38.0 Å². The second kappa shape index (κ2) is 4.84. The third-order valence-corrected chi connectivity index (χ3v) is 4.36. The minimum atomic E-state index is -0.388. The summed E-state index contributed by atoms with van der Waals surface area (Å²) in [7, 11) is 0. The van der Waals surface area contributed by atoms with Gasteiger partial charge in [0.2, 0.25) is 0 Å². The Morgan fingerprint density at radius 2 is 2.00 bits per heavy atom. The van der Waals surface area contributed by atoms with Crippen LogP contribution in [0.15, 0.2) is 0 Å². The van der Waals surface area contributed by atoms with Crippen molar-refractivity contribution in [2.45, 2.75) is 57.5 Å². The number of ether oxygens (including phenoxy) is 1. The van der Waals surface area contributed by atoms with Gasteiger partial charge in [0.25, 0.3) is 0 Å². The van der Waals surface area contributed by atoms with Gasteiger partial charge in [0.1, 0.15) is 0 Å². The summed E-state index contributed by atoms with van der Waals surface area (Å²) in [5.74, 6) is 1.29. The summed E-state index contributed by atoms with van der Waals surface area (Å²) in [6.07, 6.45) is 8.15. The number of aliphatic hydroxyl groups is 1. The van der Waals surface area contributed by atoms with Crippen LogP contribution < -0.4 is 0 Å². The van der Waals surface area contributed by atoms with Gasteiger partial charge < -0.3 is 9.84 Å². The average molecular weight is 212 g/mol. The first-order chi connectivity index (χ1) is 7.24. The Morgan fingerprint density at radius 1 is 1.27 bits per heavy atom. The Morgan fingerprint density at radius 3 is 2.53 bits per heavy atom. The molecule has 2 fully saturated rings. The molecule has 1 atom stereocenters. The topological polar surface area (TPSA) is 29.5 Å². The van der Waals surface area contributed by atoms with E-state index in [-0.39, 0.29) is 5.60 Å². The highest BCUT2D eigenvalue weighted by atomic mass is 16.5. The molecule has 0 aromatic carbocycles. The van der Waals surface area contributed by atoms with Crippen LogP contribution in [-0.4, -0.2) is 23.9 Å². The molecule has 0 aromatic rings. The normalized spacial score (nSPS) is 42.0. The lowest BCUT2D eigenvalue weighted by Crippen LogP contribution is -2.41. The van der Waals surface area contributed by atoms with Gasteiger partial charge in [-0.3, -0.25) is 0 Å². The lowest BCUT2D eigenvalue weighted by molar-refractivity contribution is -0.0612. The largest absolute Gasteiger partial charge is 0.390 e. The van der Waals surface area contributed by atoms with E-state index in [1.54, 1.807) is 0 Å². The fourth-order valence-corrected chi connectivity index (χ4v) is 3.24. The molecule has 1 N–H and O–H groups in total. The Kier molecular flexibility index (Phi) is 3.68. The van der Waals surface area contributed by atoms with E-state index in [1.165, 1.54) is 25.7 Å². The lowest BCUT2D eigenvalue weighted by atomic mass is 9.71. The standard InChI is InChI=1S/C13H24O2/c1-2-3-11-4-7-13(14,8-5-11)12-6-9-15-10-12/h11-12,14H,2-10H2,1H3. The molecule has 2 aliphatic rings. The van der Waals surface area contributed by atoms with Crippen molar-refractivity contribution in [2.75, 3.05) is 13.2 Å². The molecule has 0 amide bonds. The van der Waals surface area contributed by atoms with Gasteiger partial charge in [-0.15, -0.1) is 0 Å². The van der Waals surface area contributed by atoms with Gasteiger partial charge in [0.15, 0.2) is 0 Å². The van der Waals surface area contributed by atoms with Crippen LogP contribution in [0.3, 0.4) is 0 Å². The quantitative estimate of drug-likeness (QED) is 0.779. The number of hydrogen-bond acceptors (Lipinski definition) is 2. The van der Waals surface area contributed by atoms with Gasteiger partial charge in [-0.25, -0.2) is 0 Å². The molecule has 1 saturated heterocycles. The molecule has 0 radical (unpaired) electrons. The van der Waals surface area contributed by atoms with Gasteiger partial charge in [0, 0.05) is 12.5 Å². The van der Waals surface area contributed by atoms with Crippen molar-refractivity contribution >= 4 is 0 Å². The van der Waals surface area contributed by atoms with Crippen LogP contribution in [-0.2, 0) is 4.74 Å². The van der Waals surface area contributed by atoms with E-state index in [0.29, 0.717) is 5.92 Å². The summed E-state index contributed by atoms with van der Waals surface area (Å²) in [4.78, 5) is 0. The molecule has 1 unspecified atom stereocenters. The van der Waals surface area contributed by atoms with Crippen LogP contribution in [0.5, 0.6) is 0 Å². The van der Waals surface area contributed by atoms with Crippen LogP contribution in [0.2, 0.25) is 0 Å². The Hall–Kier alpha value is -0.0800. The maximum Gasteiger partial charge on any atom is 0.0698 e. The maximum absolute atomic E-state index is 10.6. The fourth-order valence-electron chi connectivity index (χ4n) is 3.24. The first-order valence-corrected chi connectivity index (χ1v) is 6.55. The summed E-state index contributed by atoms with van der Waals surface area (Å²) in [5.41, 5.74) is -0.388.